The number of aromatic nitrogens is 2. The maximum absolute atomic E-state index is 14.1. The van der Waals surface area contributed by atoms with E-state index in [1.807, 2.05) is 0 Å². The lowest BCUT2D eigenvalue weighted by Crippen LogP contribution is -2.00. The van der Waals surface area contributed by atoms with Crippen LogP contribution in [0.15, 0.2) is 59.9 Å². The lowest BCUT2D eigenvalue weighted by atomic mass is 9.99. The summed E-state index contributed by atoms with van der Waals surface area (Å²) < 4.78 is 59.3. The fourth-order valence-corrected chi connectivity index (χ4v) is 2.57. The number of carboxylic acids is 1. The van der Waals surface area contributed by atoms with Crippen molar-refractivity contribution in [2.45, 2.75) is 19.3 Å². The average Bonchev–Trinajstić information content (AvgIpc) is 2.69. The zero-order chi connectivity index (χ0) is 21.0. The van der Waals surface area contributed by atoms with Crippen LogP contribution in [0.4, 0.5) is 17.6 Å². The van der Waals surface area contributed by atoms with Crippen LogP contribution in [0, 0.1) is 17.5 Å². The highest BCUT2D eigenvalue weighted by molar-refractivity contribution is 5.67. The third kappa shape index (κ3) is 5.07. The van der Waals surface area contributed by atoms with E-state index in [0.29, 0.717) is 11.1 Å². The molecular formula is C20H14F4N2O3. The Morgan fingerprint density at radius 2 is 1.86 bits per heavy atom. The van der Waals surface area contributed by atoms with Crippen molar-refractivity contribution in [2.24, 2.45) is 0 Å². The topological polar surface area (TPSA) is 72.3 Å². The van der Waals surface area contributed by atoms with Gasteiger partial charge in [-0.05, 0) is 29.7 Å². The van der Waals surface area contributed by atoms with Crippen LogP contribution in [0.5, 0.6) is 5.88 Å². The summed E-state index contributed by atoms with van der Waals surface area (Å²) in [5, 5.41) is 8.67. The number of halogens is 4. The molecule has 0 fully saturated rings. The number of rotatable bonds is 6. The standard InChI is InChI=1S/C20H14F4N2O3/c21-14-5-11(1-2-12(14)3-4-19(27)28)10-29-18-9-25-8-17(26-18)13-6-15(22)20(24)16(23)7-13/h1-2,6-10H,3-5H2,(H,27,28). The quantitative estimate of drug-likeness (QED) is 0.421. The molecule has 0 bridgehead atoms. The second-order valence-electron chi connectivity index (χ2n) is 6.14. The molecule has 150 valence electrons. The van der Waals surface area contributed by atoms with Gasteiger partial charge in [-0.1, -0.05) is 12.2 Å². The van der Waals surface area contributed by atoms with Crippen LogP contribution in [-0.4, -0.2) is 21.0 Å². The number of aliphatic carboxylic acids is 1. The van der Waals surface area contributed by atoms with E-state index in [4.69, 9.17) is 9.84 Å². The van der Waals surface area contributed by atoms with Gasteiger partial charge in [-0.3, -0.25) is 9.78 Å². The van der Waals surface area contributed by atoms with Gasteiger partial charge in [-0.15, -0.1) is 0 Å². The van der Waals surface area contributed by atoms with E-state index >= 15 is 0 Å². The molecule has 1 N–H and O–H groups in total. The van der Waals surface area contributed by atoms with Crippen LogP contribution in [0.1, 0.15) is 19.3 Å². The molecule has 0 saturated carbocycles. The Hall–Kier alpha value is -3.49. The first kappa shape index (κ1) is 20.2. The predicted molar refractivity (Wildman–Crippen MR) is 94.8 cm³/mol. The number of hydrogen-bond acceptors (Lipinski definition) is 4. The maximum atomic E-state index is 14.1. The van der Waals surface area contributed by atoms with Crippen LogP contribution < -0.4 is 4.74 Å². The maximum Gasteiger partial charge on any atom is 0.303 e. The minimum atomic E-state index is -1.58. The number of carboxylic acid groups (broad SMARTS) is 1. The van der Waals surface area contributed by atoms with Crippen molar-refractivity contribution >= 4 is 5.97 Å². The molecule has 2 aromatic rings. The van der Waals surface area contributed by atoms with Crippen LogP contribution in [-0.2, 0) is 4.79 Å². The second kappa shape index (κ2) is 8.68. The van der Waals surface area contributed by atoms with Crippen LogP contribution >= 0.6 is 0 Å². The molecule has 5 nitrogen and oxygen atoms in total. The molecule has 0 atom stereocenters. The molecule has 29 heavy (non-hydrogen) atoms. The van der Waals surface area contributed by atoms with Gasteiger partial charge in [0.15, 0.2) is 17.5 Å². The summed E-state index contributed by atoms with van der Waals surface area (Å²) in [5.74, 6) is -5.79. The molecule has 1 aromatic heterocycles. The third-order valence-electron chi connectivity index (χ3n) is 4.04. The fraction of sp³-hybridized carbons (Fsp3) is 0.150. The van der Waals surface area contributed by atoms with E-state index in [0.717, 1.165) is 12.1 Å². The molecule has 0 radical (unpaired) electrons. The van der Waals surface area contributed by atoms with Gasteiger partial charge in [0, 0.05) is 18.4 Å². The molecule has 1 aromatic carbocycles. The van der Waals surface area contributed by atoms with Crippen molar-refractivity contribution in [3.8, 4) is 17.1 Å². The zero-order valence-electron chi connectivity index (χ0n) is 14.8. The SMILES string of the molecule is O=C(O)CCC1=C(F)CC(=COc2cncc(-c3cc(F)c(F)c(F)c3)n2)C=C1. The lowest BCUT2D eigenvalue weighted by Gasteiger charge is -2.11. The summed E-state index contributed by atoms with van der Waals surface area (Å²) in [7, 11) is 0. The Balaban J connectivity index is 1.72. The van der Waals surface area contributed by atoms with E-state index in [1.165, 1.54) is 24.7 Å². The molecule has 9 heteroatoms. The monoisotopic (exact) mass is 406 g/mol. The van der Waals surface area contributed by atoms with E-state index < -0.39 is 29.2 Å². The third-order valence-corrected chi connectivity index (χ3v) is 4.04. The molecule has 0 saturated heterocycles. The minimum absolute atomic E-state index is 0.0189. The highest BCUT2D eigenvalue weighted by Crippen LogP contribution is 2.28. The first-order valence-corrected chi connectivity index (χ1v) is 8.43. The molecule has 1 aliphatic rings. The van der Waals surface area contributed by atoms with Crippen molar-refractivity contribution in [3.63, 3.8) is 0 Å². The van der Waals surface area contributed by atoms with Crippen LogP contribution in [0.3, 0.4) is 0 Å². The predicted octanol–water partition coefficient (Wildman–Crippen LogP) is 4.87. The zero-order valence-corrected chi connectivity index (χ0v) is 14.8. The van der Waals surface area contributed by atoms with Crippen LogP contribution in [0.2, 0.25) is 0 Å². The summed E-state index contributed by atoms with van der Waals surface area (Å²) >= 11 is 0. The van der Waals surface area contributed by atoms with E-state index in [2.05, 4.69) is 9.97 Å². The number of nitrogens with zero attached hydrogens (tertiary/aromatic N) is 2. The smallest absolute Gasteiger partial charge is 0.303 e. The van der Waals surface area contributed by atoms with E-state index in [1.54, 1.807) is 6.08 Å². The minimum Gasteiger partial charge on any atom is -0.481 e. The van der Waals surface area contributed by atoms with Crippen molar-refractivity contribution in [1.82, 2.24) is 9.97 Å². The van der Waals surface area contributed by atoms with Crippen LogP contribution in [0.25, 0.3) is 11.3 Å². The van der Waals surface area contributed by atoms with E-state index in [-0.39, 0.29) is 36.4 Å². The lowest BCUT2D eigenvalue weighted by molar-refractivity contribution is -0.136. The highest BCUT2D eigenvalue weighted by Gasteiger charge is 2.14. The summed E-state index contributed by atoms with van der Waals surface area (Å²) in [6.45, 7) is 0. The van der Waals surface area contributed by atoms with Crippen molar-refractivity contribution in [2.75, 3.05) is 0 Å². The normalized spacial score (nSPS) is 15.1. The fourth-order valence-electron chi connectivity index (χ4n) is 2.57. The van der Waals surface area contributed by atoms with Gasteiger partial charge < -0.3 is 9.84 Å². The molecule has 1 heterocycles. The highest BCUT2D eigenvalue weighted by atomic mass is 19.2. The van der Waals surface area contributed by atoms with Gasteiger partial charge in [0.05, 0.1) is 24.3 Å². The van der Waals surface area contributed by atoms with Gasteiger partial charge in [0.2, 0.25) is 5.88 Å². The van der Waals surface area contributed by atoms with Gasteiger partial charge in [-0.25, -0.2) is 22.5 Å². The Labute approximate surface area is 162 Å². The molecule has 0 amide bonds. The van der Waals surface area contributed by atoms with Gasteiger partial charge >= 0.3 is 5.97 Å². The summed E-state index contributed by atoms with van der Waals surface area (Å²) in [6.07, 6.45) is 6.61. The first-order chi connectivity index (χ1) is 13.8. The Morgan fingerprint density at radius 3 is 2.52 bits per heavy atom. The molecule has 0 spiro atoms. The number of hydrogen-bond donors (Lipinski definition) is 1. The largest absolute Gasteiger partial charge is 0.481 e. The Bertz CT molecular complexity index is 1020. The molecule has 0 aliphatic heterocycles. The van der Waals surface area contributed by atoms with Gasteiger partial charge in [0.1, 0.15) is 5.83 Å². The summed E-state index contributed by atoms with van der Waals surface area (Å²) in [5.41, 5.74) is 0.806. The molecular weight excluding hydrogens is 392 g/mol. The van der Waals surface area contributed by atoms with Crippen molar-refractivity contribution in [1.29, 1.82) is 0 Å². The van der Waals surface area contributed by atoms with Gasteiger partial charge in [-0.2, -0.15) is 0 Å². The number of ether oxygens (including phenoxy) is 1. The number of benzene rings is 1. The van der Waals surface area contributed by atoms with Gasteiger partial charge in [0.25, 0.3) is 0 Å². The molecule has 3 rings (SSSR count). The number of carbonyl (C=O) groups is 1. The Morgan fingerprint density at radius 1 is 1.14 bits per heavy atom. The molecule has 0 unspecified atom stereocenters. The van der Waals surface area contributed by atoms with Crippen molar-refractivity contribution in [3.05, 3.63) is 77.4 Å². The number of allylic oxidation sites excluding steroid dienone is 5. The average molecular weight is 406 g/mol. The summed E-state index contributed by atoms with van der Waals surface area (Å²) in [6, 6.07) is 1.57. The Kier molecular flexibility index (Phi) is 6.06. The molecule has 1 aliphatic carbocycles. The van der Waals surface area contributed by atoms with E-state index in [9.17, 15) is 22.4 Å². The first-order valence-electron chi connectivity index (χ1n) is 8.43. The second-order valence-corrected chi connectivity index (χ2v) is 6.14. The summed E-state index contributed by atoms with van der Waals surface area (Å²) in [4.78, 5) is 18.5. The van der Waals surface area contributed by atoms with Crippen molar-refractivity contribution < 1.29 is 32.2 Å².